The van der Waals surface area contributed by atoms with E-state index in [1.807, 2.05) is 31.2 Å². The number of rotatable bonds is 10. The Hall–Kier alpha value is -3.39. The molecule has 1 aliphatic rings. The third-order valence-electron chi connectivity index (χ3n) is 5.58. The van der Waals surface area contributed by atoms with Crippen molar-refractivity contribution < 1.29 is 29.3 Å². The van der Waals surface area contributed by atoms with Gasteiger partial charge in [-0.15, -0.1) is 0 Å². The molecule has 2 amide bonds. The summed E-state index contributed by atoms with van der Waals surface area (Å²) in [5.74, 6) is -1.72. The second-order valence-corrected chi connectivity index (χ2v) is 8.01. The highest BCUT2D eigenvalue weighted by Gasteiger charge is 2.29. The van der Waals surface area contributed by atoms with E-state index in [-0.39, 0.29) is 37.3 Å². The van der Waals surface area contributed by atoms with E-state index in [2.05, 4.69) is 34.9 Å². The third-order valence-corrected chi connectivity index (χ3v) is 5.58. The molecule has 2 aromatic rings. The van der Waals surface area contributed by atoms with Crippen LogP contribution in [0, 0.1) is 5.92 Å². The second-order valence-electron chi connectivity index (χ2n) is 8.01. The zero-order valence-electron chi connectivity index (χ0n) is 17.9. The first-order valence-corrected chi connectivity index (χ1v) is 10.6. The van der Waals surface area contributed by atoms with Gasteiger partial charge in [-0.3, -0.25) is 4.79 Å². The molecule has 2 aromatic carbocycles. The van der Waals surface area contributed by atoms with Crippen LogP contribution in [-0.2, 0) is 14.3 Å². The zero-order chi connectivity index (χ0) is 23.1. The minimum Gasteiger partial charge on any atom is -0.479 e. The summed E-state index contributed by atoms with van der Waals surface area (Å²) in [5, 5.41) is 22.9. The number of carbonyl (C=O) groups excluding carboxylic acids is 2. The number of aliphatic hydroxyl groups excluding tert-OH is 1. The number of amides is 2. The van der Waals surface area contributed by atoms with E-state index in [0.29, 0.717) is 13.0 Å². The summed E-state index contributed by atoms with van der Waals surface area (Å²) in [6.45, 7) is 2.15. The highest BCUT2D eigenvalue weighted by atomic mass is 16.5. The van der Waals surface area contributed by atoms with Crippen molar-refractivity contribution >= 4 is 18.0 Å². The maximum absolute atomic E-state index is 12.2. The number of aliphatic carboxylic acids is 1. The van der Waals surface area contributed by atoms with Gasteiger partial charge in [0.25, 0.3) is 0 Å². The largest absolute Gasteiger partial charge is 0.479 e. The van der Waals surface area contributed by atoms with E-state index in [1.54, 1.807) is 0 Å². The monoisotopic (exact) mass is 440 g/mol. The van der Waals surface area contributed by atoms with Gasteiger partial charge in [0.15, 0.2) is 6.10 Å². The van der Waals surface area contributed by atoms with Gasteiger partial charge >= 0.3 is 12.1 Å². The molecule has 4 N–H and O–H groups in total. The smallest absolute Gasteiger partial charge is 0.407 e. The van der Waals surface area contributed by atoms with Crippen molar-refractivity contribution in [2.75, 3.05) is 19.7 Å². The zero-order valence-corrected chi connectivity index (χ0v) is 17.9. The summed E-state index contributed by atoms with van der Waals surface area (Å²) in [6.07, 6.45) is -1.46. The van der Waals surface area contributed by atoms with Crippen LogP contribution in [-0.4, -0.2) is 54.0 Å². The minimum absolute atomic E-state index is 0.00424. The molecule has 2 atom stereocenters. The maximum Gasteiger partial charge on any atom is 0.407 e. The quantitative estimate of drug-likeness (QED) is 0.450. The Morgan fingerprint density at radius 3 is 2.16 bits per heavy atom. The van der Waals surface area contributed by atoms with Gasteiger partial charge in [0.1, 0.15) is 6.61 Å². The van der Waals surface area contributed by atoms with E-state index in [1.165, 1.54) is 11.1 Å². The van der Waals surface area contributed by atoms with Crippen molar-refractivity contribution in [3.63, 3.8) is 0 Å². The van der Waals surface area contributed by atoms with Crippen molar-refractivity contribution in [2.45, 2.75) is 31.8 Å². The average Bonchev–Trinajstić information content (AvgIpc) is 3.12. The molecule has 0 saturated heterocycles. The predicted octanol–water partition coefficient (Wildman–Crippen LogP) is 2.50. The fraction of sp³-hybridized carbons (Fsp3) is 0.375. The molecular weight excluding hydrogens is 412 g/mol. The van der Waals surface area contributed by atoms with Gasteiger partial charge in [-0.05, 0) is 34.6 Å². The van der Waals surface area contributed by atoms with Crippen molar-refractivity contribution in [1.29, 1.82) is 0 Å². The molecular formula is C24H28N2O6. The molecule has 1 aliphatic carbocycles. The lowest BCUT2D eigenvalue weighted by atomic mass is 9.98. The van der Waals surface area contributed by atoms with E-state index < -0.39 is 18.2 Å². The van der Waals surface area contributed by atoms with Gasteiger partial charge in [0.05, 0.1) is 6.54 Å². The predicted molar refractivity (Wildman–Crippen MR) is 118 cm³/mol. The number of aliphatic hydroxyl groups is 1. The van der Waals surface area contributed by atoms with Crippen LogP contribution in [0.3, 0.4) is 0 Å². The normalized spacial score (nSPS) is 14.1. The Balaban J connectivity index is 1.40. The van der Waals surface area contributed by atoms with Crippen LogP contribution in [0.2, 0.25) is 0 Å². The fourth-order valence-corrected chi connectivity index (χ4v) is 3.77. The van der Waals surface area contributed by atoms with Crippen LogP contribution >= 0.6 is 0 Å². The lowest BCUT2D eigenvalue weighted by Gasteiger charge is -2.16. The number of fused-ring (bicyclic) bond motifs is 3. The summed E-state index contributed by atoms with van der Waals surface area (Å²) in [6, 6.07) is 16.2. The molecule has 0 aromatic heterocycles. The Kier molecular flexibility index (Phi) is 7.83. The summed E-state index contributed by atoms with van der Waals surface area (Å²) < 4.78 is 5.49. The third kappa shape index (κ3) is 5.85. The van der Waals surface area contributed by atoms with Gasteiger partial charge in [-0.1, -0.05) is 55.5 Å². The van der Waals surface area contributed by atoms with Crippen molar-refractivity contribution in [1.82, 2.24) is 10.6 Å². The van der Waals surface area contributed by atoms with Gasteiger partial charge in [-0.2, -0.15) is 0 Å². The molecule has 1 unspecified atom stereocenters. The maximum atomic E-state index is 12.2. The standard InChI is InChI=1S/C24H28N2O6/c1-15(10-11-22(28)25-13-21(27)23(29)30)12-26-24(31)32-14-20-18-8-4-2-6-16(18)17-7-3-5-9-19(17)20/h2-9,15,20-21,27H,10-14H2,1H3,(H,25,28)(H,26,31)(H,29,30)/t15?,21-/m0/s1. The number of hydrogen-bond acceptors (Lipinski definition) is 5. The number of carboxylic acids is 1. The lowest BCUT2D eigenvalue weighted by Crippen LogP contribution is -2.36. The molecule has 0 spiro atoms. The first-order valence-electron chi connectivity index (χ1n) is 10.6. The molecule has 32 heavy (non-hydrogen) atoms. The summed E-state index contributed by atoms with van der Waals surface area (Å²) in [7, 11) is 0. The minimum atomic E-state index is -1.62. The number of alkyl carbamates (subject to hydrolysis) is 1. The number of carbonyl (C=O) groups is 3. The van der Waals surface area contributed by atoms with Gasteiger partial charge in [0, 0.05) is 18.9 Å². The lowest BCUT2D eigenvalue weighted by molar-refractivity contribution is -0.146. The van der Waals surface area contributed by atoms with E-state index in [4.69, 9.17) is 14.9 Å². The Morgan fingerprint density at radius 1 is 0.969 bits per heavy atom. The van der Waals surface area contributed by atoms with Crippen LogP contribution in [0.5, 0.6) is 0 Å². The number of hydrogen-bond donors (Lipinski definition) is 4. The Bertz CT molecular complexity index is 931. The molecule has 8 nitrogen and oxygen atoms in total. The summed E-state index contributed by atoms with van der Waals surface area (Å²) >= 11 is 0. The number of ether oxygens (including phenoxy) is 1. The van der Waals surface area contributed by atoms with Crippen molar-refractivity contribution in [3.8, 4) is 11.1 Å². The molecule has 3 rings (SSSR count). The number of nitrogens with one attached hydrogen (secondary N) is 2. The van der Waals surface area contributed by atoms with Crippen molar-refractivity contribution in [3.05, 3.63) is 59.7 Å². The molecule has 0 bridgehead atoms. The van der Waals surface area contributed by atoms with Gasteiger partial charge in [0.2, 0.25) is 5.91 Å². The molecule has 0 fully saturated rings. The summed E-state index contributed by atoms with van der Waals surface area (Å²) in [5.41, 5.74) is 4.63. The first-order chi connectivity index (χ1) is 15.4. The van der Waals surface area contributed by atoms with Gasteiger partial charge in [-0.25, -0.2) is 9.59 Å². The molecule has 0 aliphatic heterocycles. The molecule has 0 heterocycles. The number of benzene rings is 2. The van der Waals surface area contributed by atoms with Crippen LogP contribution < -0.4 is 10.6 Å². The fourth-order valence-electron chi connectivity index (χ4n) is 3.77. The Morgan fingerprint density at radius 2 is 1.56 bits per heavy atom. The summed E-state index contributed by atoms with van der Waals surface area (Å²) in [4.78, 5) is 34.5. The Labute approximate surface area is 186 Å². The van der Waals surface area contributed by atoms with E-state index in [9.17, 15) is 14.4 Å². The SMILES string of the molecule is CC(CCC(=O)NC[C@H](O)C(=O)O)CNC(=O)OCC1c2ccccc2-c2ccccc21. The first kappa shape index (κ1) is 23.3. The second kappa shape index (κ2) is 10.8. The average molecular weight is 440 g/mol. The van der Waals surface area contributed by atoms with Crippen LogP contribution in [0.1, 0.15) is 36.8 Å². The highest BCUT2D eigenvalue weighted by Crippen LogP contribution is 2.44. The molecule has 0 saturated carbocycles. The van der Waals surface area contributed by atoms with E-state index >= 15 is 0 Å². The molecule has 0 radical (unpaired) electrons. The highest BCUT2D eigenvalue weighted by molar-refractivity contribution is 5.79. The number of carboxylic acid groups (broad SMARTS) is 1. The molecule has 8 heteroatoms. The van der Waals surface area contributed by atoms with Crippen LogP contribution in [0.4, 0.5) is 4.79 Å². The van der Waals surface area contributed by atoms with Gasteiger partial charge < -0.3 is 25.6 Å². The van der Waals surface area contributed by atoms with Crippen molar-refractivity contribution in [2.24, 2.45) is 5.92 Å². The molecule has 170 valence electrons. The van der Waals surface area contributed by atoms with E-state index in [0.717, 1.165) is 11.1 Å². The topological polar surface area (TPSA) is 125 Å². The van der Waals surface area contributed by atoms with Crippen LogP contribution in [0.25, 0.3) is 11.1 Å². The van der Waals surface area contributed by atoms with Crippen LogP contribution in [0.15, 0.2) is 48.5 Å².